The Morgan fingerprint density at radius 3 is 2.42 bits per heavy atom. The number of hydrogen-bond donors (Lipinski definition) is 1. The van der Waals surface area contributed by atoms with Gasteiger partial charge in [0.05, 0.1) is 0 Å². The molecule has 19 heavy (non-hydrogen) atoms. The van der Waals surface area contributed by atoms with Crippen LogP contribution in [-0.2, 0) is 12.8 Å². The first-order valence-electron chi connectivity index (χ1n) is 6.67. The van der Waals surface area contributed by atoms with Crippen LogP contribution in [0.25, 0.3) is 0 Å². The summed E-state index contributed by atoms with van der Waals surface area (Å²) in [4.78, 5) is 14.1. The summed E-state index contributed by atoms with van der Waals surface area (Å²) in [5.41, 5.74) is 2.03. The minimum Gasteiger partial charge on any atom is -0.329 e. The molecule has 0 radical (unpaired) electrons. The molecule has 0 spiro atoms. The molecule has 100 valence electrons. The molecule has 0 saturated heterocycles. The molecule has 0 atom stereocenters. The molecule has 0 saturated carbocycles. The number of aromatic nitrogens is 1. The minimum atomic E-state index is -0.188. The van der Waals surface area contributed by atoms with Crippen LogP contribution >= 0.6 is 0 Å². The number of pyridine rings is 1. The number of unbranched alkanes of at least 4 members (excludes halogenated alkanes) is 2. The molecule has 0 bridgehead atoms. The van der Waals surface area contributed by atoms with Crippen molar-refractivity contribution in [2.45, 2.75) is 32.1 Å². The van der Waals surface area contributed by atoms with Gasteiger partial charge in [0.2, 0.25) is 0 Å². The number of aromatic amines is 1. The van der Waals surface area contributed by atoms with E-state index in [1.165, 1.54) is 17.7 Å². The molecular weight excluding hydrogens is 241 g/mol. The van der Waals surface area contributed by atoms with Gasteiger partial charge in [0.25, 0.3) is 5.56 Å². The lowest BCUT2D eigenvalue weighted by Gasteiger charge is -2.02. The van der Waals surface area contributed by atoms with Gasteiger partial charge in [-0.25, -0.2) is 4.39 Å². The Morgan fingerprint density at radius 2 is 1.68 bits per heavy atom. The van der Waals surface area contributed by atoms with Crippen LogP contribution in [0.4, 0.5) is 4.39 Å². The maximum Gasteiger partial charge on any atom is 0.251 e. The summed E-state index contributed by atoms with van der Waals surface area (Å²) in [5, 5.41) is 0. The van der Waals surface area contributed by atoms with E-state index >= 15 is 0 Å². The SMILES string of the molecule is O=c1[nH]cccc1CCCCCc1ccc(F)cc1. The third-order valence-electron chi connectivity index (χ3n) is 3.22. The van der Waals surface area contributed by atoms with Crippen molar-refractivity contribution in [1.82, 2.24) is 4.98 Å². The summed E-state index contributed by atoms with van der Waals surface area (Å²) < 4.78 is 12.7. The van der Waals surface area contributed by atoms with Crippen molar-refractivity contribution in [3.8, 4) is 0 Å². The zero-order valence-corrected chi connectivity index (χ0v) is 10.9. The largest absolute Gasteiger partial charge is 0.329 e. The fourth-order valence-electron chi connectivity index (χ4n) is 2.13. The Morgan fingerprint density at radius 1 is 0.947 bits per heavy atom. The van der Waals surface area contributed by atoms with Crippen molar-refractivity contribution in [3.05, 3.63) is 69.9 Å². The summed E-state index contributed by atoms with van der Waals surface area (Å²) in [6.45, 7) is 0. The molecule has 3 heteroatoms. The van der Waals surface area contributed by atoms with Gasteiger partial charge >= 0.3 is 0 Å². The molecule has 0 amide bonds. The van der Waals surface area contributed by atoms with Crippen LogP contribution in [-0.4, -0.2) is 4.98 Å². The van der Waals surface area contributed by atoms with Crippen molar-refractivity contribution in [2.24, 2.45) is 0 Å². The molecular formula is C16H18FNO. The monoisotopic (exact) mass is 259 g/mol. The van der Waals surface area contributed by atoms with E-state index in [0.717, 1.165) is 37.7 Å². The lowest BCUT2D eigenvalue weighted by atomic mass is 10.0. The highest BCUT2D eigenvalue weighted by Crippen LogP contribution is 2.09. The predicted molar refractivity (Wildman–Crippen MR) is 74.7 cm³/mol. The quantitative estimate of drug-likeness (QED) is 0.792. The summed E-state index contributed by atoms with van der Waals surface area (Å²) in [7, 11) is 0. The van der Waals surface area contributed by atoms with Crippen molar-refractivity contribution < 1.29 is 4.39 Å². The third-order valence-corrected chi connectivity index (χ3v) is 3.22. The number of aryl methyl sites for hydroxylation is 2. The Kier molecular flexibility index (Phi) is 4.90. The second kappa shape index (κ2) is 6.88. The number of nitrogens with one attached hydrogen (secondary N) is 1. The molecule has 1 aromatic heterocycles. The third kappa shape index (κ3) is 4.36. The Hall–Kier alpha value is -1.90. The van der Waals surface area contributed by atoms with E-state index in [1.807, 2.05) is 24.3 Å². The number of rotatable bonds is 6. The lowest BCUT2D eigenvalue weighted by Crippen LogP contribution is -2.10. The van der Waals surface area contributed by atoms with Crippen molar-refractivity contribution in [2.75, 3.05) is 0 Å². The first-order valence-corrected chi connectivity index (χ1v) is 6.67. The molecule has 1 N–H and O–H groups in total. The van der Waals surface area contributed by atoms with E-state index in [4.69, 9.17) is 0 Å². The highest BCUT2D eigenvalue weighted by atomic mass is 19.1. The molecule has 0 aliphatic carbocycles. The van der Waals surface area contributed by atoms with Gasteiger partial charge in [0.1, 0.15) is 5.82 Å². The summed E-state index contributed by atoms with van der Waals surface area (Å²) >= 11 is 0. The fourth-order valence-corrected chi connectivity index (χ4v) is 2.13. The van der Waals surface area contributed by atoms with E-state index in [2.05, 4.69) is 4.98 Å². The van der Waals surface area contributed by atoms with Crippen molar-refractivity contribution >= 4 is 0 Å². The van der Waals surface area contributed by atoms with Crippen LogP contribution < -0.4 is 5.56 Å². The average molecular weight is 259 g/mol. The second-order valence-corrected chi connectivity index (χ2v) is 4.71. The lowest BCUT2D eigenvalue weighted by molar-refractivity contribution is 0.625. The van der Waals surface area contributed by atoms with Gasteiger partial charge in [-0.3, -0.25) is 4.79 Å². The minimum absolute atomic E-state index is 0.0148. The highest BCUT2D eigenvalue weighted by Gasteiger charge is 1.99. The molecule has 2 nitrogen and oxygen atoms in total. The van der Waals surface area contributed by atoms with Crippen LogP contribution in [0.3, 0.4) is 0 Å². The zero-order valence-electron chi connectivity index (χ0n) is 10.9. The second-order valence-electron chi connectivity index (χ2n) is 4.71. The molecule has 0 fully saturated rings. The van der Waals surface area contributed by atoms with Gasteiger partial charge < -0.3 is 4.98 Å². The zero-order chi connectivity index (χ0) is 13.5. The molecule has 1 aromatic carbocycles. The fraction of sp³-hybridized carbons (Fsp3) is 0.312. The molecule has 2 aromatic rings. The van der Waals surface area contributed by atoms with Crippen LogP contribution in [0.5, 0.6) is 0 Å². The number of benzene rings is 1. The van der Waals surface area contributed by atoms with Crippen LogP contribution in [0.2, 0.25) is 0 Å². The Labute approximate surface area is 112 Å². The first-order chi connectivity index (χ1) is 9.25. The van der Waals surface area contributed by atoms with E-state index in [9.17, 15) is 9.18 Å². The number of hydrogen-bond acceptors (Lipinski definition) is 1. The molecule has 1 heterocycles. The van der Waals surface area contributed by atoms with Crippen molar-refractivity contribution in [3.63, 3.8) is 0 Å². The maximum atomic E-state index is 12.7. The molecule has 2 rings (SSSR count). The van der Waals surface area contributed by atoms with Crippen molar-refractivity contribution in [1.29, 1.82) is 0 Å². The van der Waals surface area contributed by atoms with Crippen LogP contribution in [0, 0.1) is 5.82 Å². The maximum absolute atomic E-state index is 12.7. The molecule has 0 unspecified atom stereocenters. The van der Waals surface area contributed by atoms with E-state index in [-0.39, 0.29) is 11.4 Å². The standard InChI is InChI=1S/C16H18FNO/c17-15-10-8-13(9-11-15)5-2-1-3-6-14-7-4-12-18-16(14)19/h4,7-12H,1-3,5-6H2,(H,18,19). The molecule has 0 aliphatic heterocycles. The van der Waals surface area contributed by atoms with Gasteiger partial charge in [-0.2, -0.15) is 0 Å². The normalized spacial score (nSPS) is 10.6. The smallest absolute Gasteiger partial charge is 0.251 e. The highest BCUT2D eigenvalue weighted by molar-refractivity contribution is 5.16. The van der Waals surface area contributed by atoms with Crippen LogP contribution in [0.1, 0.15) is 30.4 Å². The van der Waals surface area contributed by atoms with Gasteiger partial charge in [0.15, 0.2) is 0 Å². The van der Waals surface area contributed by atoms with Gasteiger partial charge in [-0.1, -0.05) is 24.6 Å². The Bertz CT molecular complexity index is 559. The van der Waals surface area contributed by atoms with E-state index in [1.54, 1.807) is 6.20 Å². The number of H-pyrrole nitrogens is 1. The summed E-state index contributed by atoms with van der Waals surface area (Å²) in [6, 6.07) is 10.4. The number of halogens is 1. The van der Waals surface area contributed by atoms with Gasteiger partial charge in [0, 0.05) is 11.8 Å². The molecule has 0 aliphatic rings. The summed E-state index contributed by atoms with van der Waals surface area (Å²) in [5.74, 6) is -0.188. The first kappa shape index (κ1) is 13.5. The summed E-state index contributed by atoms with van der Waals surface area (Å²) in [6.07, 6.45) is 6.59. The topological polar surface area (TPSA) is 32.9 Å². The van der Waals surface area contributed by atoms with E-state index < -0.39 is 0 Å². The van der Waals surface area contributed by atoms with Gasteiger partial charge in [-0.05, 0) is 49.4 Å². The van der Waals surface area contributed by atoms with Crippen LogP contribution in [0.15, 0.2) is 47.4 Å². The average Bonchev–Trinajstić information content (AvgIpc) is 2.42. The van der Waals surface area contributed by atoms with E-state index in [0.29, 0.717) is 0 Å². The predicted octanol–water partition coefficient (Wildman–Crippen LogP) is 3.47. The Balaban J connectivity index is 1.69. The van der Waals surface area contributed by atoms with Gasteiger partial charge in [-0.15, -0.1) is 0 Å².